The van der Waals surface area contributed by atoms with E-state index >= 15 is 0 Å². The van der Waals surface area contributed by atoms with Gasteiger partial charge in [0, 0.05) is 6.20 Å². The summed E-state index contributed by atoms with van der Waals surface area (Å²) < 4.78 is 0. The molecule has 1 heterocycles. The van der Waals surface area contributed by atoms with Crippen LogP contribution in [0.3, 0.4) is 0 Å². The summed E-state index contributed by atoms with van der Waals surface area (Å²) in [5.41, 5.74) is 1.84. The molecule has 0 aromatic carbocycles. The van der Waals surface area contributed by atoms with Crippen LogP contribution in [-0.2, 0) is 0 Å². The van der Waals surface area contributed by atoms with E-state index in [9.17, 15) is 0 Å². The van der Waals surface area contributed by atoms with Gasteiger partial charge in [-0.3, -0.25) is 4.98 Å². The number of thiocyanates is 1. The molecule has 0 aliphatic carbocycles. The molecule has 0 unspecified atom stereocenters. The summed E-state index contributed by atoms with van der Waals surface area (Å²) in [5, 5.41) is 12.0. The van der Waals surface area contributed by atoms with E-state index in [1.165, 1.54) is 11.8 Å². The van der Waals surface area contributed by atoms with E-state index in [1.54, 1.807) is 18.0 Å². The van der Waals surface area contributed by atoms with Crippen molar-refractivity contribution in [1.29, 1.82) is 5.26 Å². The second-order valence-electron chi connectivity index (χ2n) is 2.40. The van der Waals surface area contributed by atoms with Crippen molar-refractivity contribution >= 4 is 23.5 Å². The molecule has 68 valence electrons. The average Bonchev–Trinajstić information content (AvgIpc) is 2.11. The maximum atomic E-state index is 8.33. The summed E-state index contributed by atoms with van der Waals surface area (Å²) in [4.78, 5) is 8.50. The lowest BCUT2D eigenvalue weighted by molar-refractivity contribution is 0.948. The summed E-state index contributed by atoms with van der Waals surface area (Å²) in [6, 6.07) is 0. The van der Waals surface area contributed by atoms with E-state index in [1.807, 2.05) is 19.2 Å². The first-order chi connectivity index (χ1) is 6.24. The highest BCUT2D eigenvalue weighted by Gasteiger charge is 2.01. The molecule has 1 aromatic rings. The average molecular weight is 211 g/mol. The molecule has 5 heteroatoms. The van der Waals surface area contributed by atoms with Crippen LogP contribution in [0.15, 0.2) is 11.2 Å². The van der Waals surface area contributed by atoms with Gasteiger partial charge < -0.3 is 0 Å². The molecule has 0 saturated heterocycles. The number of rotatable bonds is 3. The first-order valence-electron chi connectivity index (χ1n) is 3.68. The minimum Gasteiger partial charge on any atom is -0.257 e. The van der Waals surface area contributed by atoms with Gasteiger partial charge >= 0.3 is 0 Å². The van der Waals surface area contributed by atoms with Gasteiger partial charge in [0.05, 0.1) is 16.5 Å². The maximum Gasteiger partial charge on any atom is 0.134 e. The SMILES string of the molecule is Cc1cnc(C)c(SCSC#N)n1. The molecular weight excluding hydrogens is 202 g/mol. The molecule has 0 N–H and O–H groups in total. The number of aromatic nitrogens is 2. The lowest BCUT2D eigenvalue weighted by atomic mass is 10.4. The van der Waals surface area contributed by atoms with Gasteiger partial charge in [0.15, 0.2) is 0 Å². The normalized spacial score (nSPS) is 9.62. The molecular formula is C8H9N3S2. The first-order valence-corrected chi connectivity index (χ1v) is 5.65. The highest BCUT2D eigenvalue weighted by molar-refractivity contribution is 8.18. The van der Waals surface area contributed by atoms with Crippen molar-refractivity contribution in [2.45, 2.75) is 18.9 Å². The Hall–Kier alpha value is -0.730. The molecule has 0 aliphatic rings. The van der Waals surface area contributed by atoms with Crippen LogP contribution in [0.4, 0.5) is 0 Å². The van der Waals surface area contributed by atoms with Crippen LogP contribution in [0.25, 0.3) is 0 Å². The van der Waals surface area contributed by atoms with E-state index in [0.717, 1.165) is 16.4 Å². The molecule has 3 nitrogen and oxygen atoms in total. The van der Waals surface area contributed by atoms with E-state index in [2.05, 4.69) is 9.97 Å². The minimum absolute atomic E-state index is 0.704. The largest absolute Gasteiger partial charge is 0.257 e. The number of nitriles is 1. The second kappa shape index (κ2) is 5.10. The topological polar surface area (TPSA) is 49.6 Å². The first kappa shape index (κ1) is 10.4. The summed E-state index contributed by atoms with van der Waals surface area (Å²) in [5.74, 6) is 0. The lowest BCUT2D eigenvalue weighted by Crippen LogP contribution is -1.92. The van der Waals surface area contributed by atoms with Crippen LogP contribution in [0.1, 0.15) is 11.4 Å². The Kier molecular flexibility index (Phi) is 4.06. The molecule has 0 bridgehead atoms. The fourth-order valence-electron chi connectivity index (χ4n) is 0.764. The van der Waals surface area contributed by atoms with Gasteiger partial charge in [-0.25, -0.2) is 4.98 Å². The Morgan fingerprint density at radius 3 is 3.00 bits per heavy atom. The van der Waals surface area contributed by atoms with Gasteiger partial charge in [-0.2, -0.15) is 5.26 Å². The van der Waals surface area contributed by atoms with Crippen LogP contribution < -0.4 is 0 Å². The van der Waals surface area contributed by atoms with Crippen molar-refractivity contribution in [3.63, 3.8) is 0 Å². The molecule has 0 radical (unpaired) electrons. The molecule has 0 atom stereocenters. The van der Waals surface area contributed by atoms with Crippen molar-refractivity contribution in [2.75, 3.05) is 5.08 Å². The molecule has 0 aliphatic heterocycles. The van der Waals surface area contributed by atoms with Gasteiger partial charge in [0.25, 0.3) is 0 Å². The van der Waals surface area contributed by atoms with Crippen LogP contribution in [-0.4, -0.2) is 15.1 Å². The lowest BCUT2D eigenvalue weighted by Gasteiger charge is -2.02. The smallest absolute Gasteiger partial charge is 0.134 e. The summed E-state index contributed by atoms with van der Waals surface area (Å²) in [7, 11) is 0. The van der Waals surface area contributed by atoms with Crippen molar-refractivity contribution in [2.24, 2.45) is 0 Å². The molecule has 0 spiro atoms. The second-order valence-corrected chi connectivity index (χ2v) is 4.49. The zero-order valence-corrected chi connectivity index (χ0v) is 9.08. The molecule has 1 aromatic heterocycles. The summed E-state index contributed by atoms with van der Waals surface area (Å²) in [6.07, 6.45) is 1.75. The van der Waals surface area contributed by atoms with Gasteiger partial charge in [0.2, 0.25) is 0 Å². The highest BCUT2D eigenvalue weighted by atomic mass is 32.2. The van der Waals surface area contributed by atoms with Gasteiger partial charge in [-0.15, -0.1) is 0 Å². The Morgan fingerprint density at radius 1 is 1.54 bits per heavy atom. The van der Waals surface area contributed by atoms with Crippen molar-refractivity contribution in [3.05, 3.63) is 17.6 Å². The summed E-state index contributed by atoms with van der Waals surface area (Å²) >= 11 is 2.77. The van der Waals surface area contributed by atoms with Crippen molar-refractivity contribution in [1.82, 2.24) is 9.97 Å². The zero-order valence-electron chi connectivity index (χ0n) is 7.44. The fourth-order valence-corrected chi connectivity index (χ4v) is 2.13. The molecule has 0 fully saturated rings. The molecule has 13 heavy (non-hydrogen) atoms. The molecule has 0 saturated carbocycles. The predicted octanol–water partition coefficient (Wildman–Crippen LogP) is 2.36. The minimum atomic E-state index is 0.704. The van der Waals surface area contributed by atoms with E-state index in [0.29, 0.717) is 5.08 Å². The number of nitrogens with zero attached hydrogens (tertiary/aromatic N) is 3. The molecule has 0 amide bonds. The van der Waals surface area contributed by atoms with Crippen molar-refractivity contribution in [3.8, 4) is 5.40 Å². The summed E-state index contributed by atoms with van der Waals surface area (Å²) in [6.45, 7) is 3.83. The highest BCUT2D eigenvalue weighted by Crippen LogP contribution is 2.22. The van der Waals surface area contributed by atoms with E-state index in [-0.39, 0.29) is 0 Å². The third-order valence-electron chi connectivity index (χ3n) is 1.35. The Balaban J connectivity index is 2.65. The standard InChI is InChI=1S/C8H9N3S2/c1-6-3-10-7(2)8(11-6)13-5-12-4-9/h3H,5H2,1-2H3. The maximum absolute atomic E-state index is 8.33. The van der Waals surface area contributed by atoms with Crippen LogP contribution in [0.5, 0.6) is 0 Å². The van der Waals surface area contributed by atoms with Gasteiger partial charge in [-0.1, -0.05) is 11.8 Å². The third-order valence-corrected chi connectivity index (χ3v) is 3.08. The Labute approximate surface area is 86.0 Å². The number of hydrogen-bond donors (Lipinski definition) is 0. The van der Waals surface area contributed by atoms with Gasteiger partial charge in [-0.05, 0) is 25.6 Å². The number of aryl methyl sites for hydroxylation is 2. The van der Waals surface area contributed by atoms with Crippen LogP contribution in [0.2, 0.25) is 0 Å². The van der Waals surface area contributed by atoms with Crippen LogP contribution in [0, 0.1) is 24.5 Å². The van der Waals surface area contributed by atoms with Crippen molar-refractivity contribution < 1.29 is 0 Å². The van der Waals surface area contributed by atoms with Crippen LogP contribution >= 0.6 is 23.5 Å². The Bertz CT molecular complexity index is 333. The zero-order chi connectivity index (χ0) is 9.68. The van der Waals surface area contributed by atoms with E-state index in [4.69, 9.17) is 5.26 Å². The number of hydrogen-bond acceptors (Lipinski definition) is 5. The van der Waals surface area contributed by atoms with E-state index < -0.39 is 0 Å². The quantitative estimate of drug-likeness (QED) is 0.332. The predicted molar refractivity (Wildman–Crippen MR) is 55.4 cm³/mol. The third kappa shape index (κ3) is 3.25. The van der Waals surface area contributed by atoms with Gasteiger partial charge in [0.1, 0.15) is 10.4 Å². The fraction of sp³-hybridized carbons (Fsp3) is 0.375. The monoisotopic (exact) mass is 211 g/mol. The Morgan fingerprint density at radius 2 is 2.31 bits per heavy atom. The molecule has 1 rings (SSSR count). The number of thioether (sulfide) groups is 2.